The minimum Gasteiger partial charge on any atom is -0.396 e. The van der Waals surface area contributed by atoms with E-state index >= 15 is 0 Å². The van der Waals surface area contributed by atoms with Gasteiger partial charge in [-0.15, -0.1) is 0 Å². The van der Waals surface area contributed by atoms with Crippen LogP contribution in [0.5, 0.6) is 0 Å². The minimum atomic E-state index is -0.515. The van der Waals surface area contributed by atoms with Gasteiger partial charge in [0.05, 0.1) is 30.6 Å². The van der Waals surface area contributed by atoms with Gasteiger partial charge in [-0.25, -0.2) is 0 Å². The smallest absolute Gasteiger partial charge is 0.0862 e. The van der Waals surface area contributed by atoms with Gasteiger partial charge in [0, 0.05) is 18.8 Å². The van der Waals surface area contributed by atoms with Gasteiger partial charge in [-0.3, -0.25) is 9.58 Å². The molecule has 0 saturated heterocycles. The summed E-state index contributed by atoms with van der Waals surface area (Å²) in [5.74, 6) is 0. The van der Waals surface area contributed by atoms with Crippen LogP contribution in [-0.4, -0.2) is 56.7 Å². The van der Waals surface area contributed by atoms with E-state index in [2.05, 4.69) is 10.00 Å². The Hall–Kier alpha value is -1.11. The normalized spacial score (nSPS) is 25.7. The van der Waals surface area contributed by atoms with Gasteiger partial charge in [0.25, 0.3) is 0 Å². The van der Waals surface area contributed by atoms with Crippen LogP contribution in [0.25, 0.3) is 0 Å². The molecule has 0 aliphatic heterocycles. The second-order valence-electron chi connectivity index (χ2n) is 5.51. The van der Waals surface area contributed by atoms with Gasteiger partial charge in [0.1, 0.15) is 0 Å². The molecule has 4 N–H and O–H groups in total. The van der Waals surface area contributed by atoms with Crippen molar-refractivity contribution in [3.05, 3.63) is 12.4 Å². The minimum absolute atomic E-state index is 0.158. The quantitative estimate of drug-likeness (QED) is 0.703. The van der Waals surface area contributed by atoms with Gasteiger partial charge in [0.2, 0.25) is 0 Å². The fraction of sp³-hybridized carbons (Fsp3) is 0.769. The summed E-state index contributed by atoms with van der Waals surface area (Å²) in [4.78, 5) is 2.06. The van der Waals surface area contributed by atoms with Crippen molar-refractivity contribution >= 4 is 5.69 Å². The molecule has 1 saturated carbocycles. The maximum atomic E-state index is 10.1. The Kier molecular flexibility index (Phi) is 4.79. The maximum absolute atomic E-state index is 10.1. The van der Waals surface area contributed by atoms with Crippen molar-refractivity contribution in [3.63, 3.8) is 0 Å². The van der Waals surface area contributed by atoms with E-state index < -0.39 is 6.10 Å². The Morgan fingerprint density at radius 2 is 2.26 bits per heavy atom. The Morgan fingerprint density at radius 3 is 2.89 bits per heavy atom. The van der Waals surface area contributed by atoms with Gasteiger partial charge in [-0.2, -0.15) is 5.10 Å². The standard InChI is InChI=1S/C13H24N4O2/c1-16(12-4-2-3-5-13(12)19)8-11(18)9-17-7-10(14)6-15-17/h6-7,11-13,18-19H,2-5,8-9,14H2,1H3. The number of aliphatic hydroxyl groups excluding tert-OH is 2. The van der Waals surface area contributed by atoms with Crippen LogP contribution in [0.15, 0.2) is 12.4 Å². The zero-order chi connectivity index (χ0) is 13.8. The van der Waals surface area contributed by atoms with Crippen LogP contribution < -0.4 is 5.73 Å². The predicted molar refractivity (Wildman–Crippen MR) is 73.5 cm³/mol. The molecule has 6 heteroatoms. The molecule has 0 amide bonds. The zero-order valence-corrected chi connectivity index (χ0v) is 11.4. The first kappa shape index (κ1) is 14.3. The highest BCUT2D eigenvalue weighted by Crippen LogP contribution is 2.22. The number of anilines is 1. The van der Waals surface area contributed by atoms with Crippen molar-refractivity contribution in [2.75, 3.05) is 19.3 Å². The summed E-state index contributed by atoms with van der Waals surface area (Å²) < 4.78 is 1.64. The summed E-state index contributed by atoms with van der Waals surface area (Å²) in [6, 6.07) is 0.158. The number of nitrogens with two attached hydrogens (primary N) is 1. The average molecular weight is 268 g/mol. The second-order valence-corrected chi connectivity index (χ2v) is 5.51. The van der Waals surface area contributed by atoms with Crippen molar-refractivity contribution in [1.82, 2.24) is 14.7 Å². The summed E-state index contributed by atoms with van der Waals surface area (Å²) in [7, 11) is 1.96. The van der Waals surface area contributed by atoms with E-state index in [-0.39, 0.29) is 12.1 Å². The summed E-state index contributed by atoms with van der Waals surface area (Å²) in [6.07, 6.45) is 6.60. The third-order valence-electron chi connectivity index (χ3n) is 3.81. The molecule has 1 fully saturated rings. The van der Waals surface area contributed by atoms with E-state index in [0.717, 1.165) is 25.7 Å². The first-order valence-corrected chi connectivity index (χ1v) is 6.90. The van der Waals surface area contributed by atoms with E-state index in [1.165, 1.54) is 0 Å². The van der Waals surface area contributed by atoms with Gasteiger partial charge >= 0.3 is 0 Å². The van der Waals surface area contributed by atoms with E-state index in [9.17, 15) is 10.2 Å². The first-order valence-electron chi connectivity index (χ1n) is 6.90. The topological polar surface area (TPSA) is 87.5 Å². The first-order chi connectivity index (χ1) is 9.06. The van der Waals surface area contributed by atoms with E-state index in [1.54, 1.807) is 17.1 Å². The average Bonchev–Trinajstić information content (AvgIpc) is 2.74. The molecule has 3 unspecified atom stereocenters. The third-order valence-corrected chi connectivity index (χ3v) is 3.81. The SMILES string of the molecule is CN(CC(O)Cn1cc(N)cn1)C1CCCCC1O. The van der Waals surface area contributed by atoms with Crippen LogP contribution in [0.3, 0.4) is 0 Å². The van der Waals surface area contributed by atoms with E-state index in [0.29, 0.717) is 18.8 Å². The van der Waals surface area contributed by atoms with Crippen molar-refractivity contribution in [2.24, 2.45) is 0 Å². The highest BCUT2D eigenvalue weighted by Gasteiger charge is 2.27. The fourth-order valence-electron chi connectivity index (χ4n) is 2.83. The van der Waals surface area contributed by atoms with Gasteiger partial charge in [-0.05, 0) is 19.9 Å². The number of nitrogens with zero attached hydrogens (tertiary/aromatic N) is 3. The van der Waals surface area contributed by atoms with Crippen LogP contribution in [0.4, 0.5) is 5.69 Å². The molecule has 1 aliphatic carbocycles. The van der Waals surface area contributed by atoms with Crippen molar-refractivity contribution in [1.29, 1.82) is 0 Å². The summed E-state index contributed by atoms with van der Waals surface area (Å²) in [5, 5.41) is 24.1. The lowest BCUT2D eigenvalue weighted by Crippen LogP contribution is -2.46. The Bertz CT molecular complexity index is 396. The van der Waals surface area contributed by atoms with E-state index in [4.69, 9.17) is 5.73 Å². The van der Waals surface area contributed by atoms with Gasteiger partial charge in [0.15, 0.2) is 0 Å². The predicted octanol–water partition coefficient (Wildman–Crippen LogP) is 0.0615. The molecule has 1 aromatic heterocycles. The Morgan fingerprint density at radius 1 is 1.53 bits per heavy atom. The summed E-state index contributed by atoms with van der Waals surface area (Å²) in [5.41, 5.74) is 6.18. The van der Waals surface area contributed by atoms with Crippen LogP contribution in [0.1, 0.15) is 25.7 Å². The summed E-state index contributed by atoms with van der Waals surface area (Å²) in [6.45, 7) is 0.950. The molecule has 1 aliphatic rings. The molecular formula is C13H24N4O2. The molecule has 1 aromatic rings. The molecule has 3 atom stereocenters. The molecule has 0 spiro atoms. The van der Waals surface area contributed by atoms with E-state index in [1.807, 2.05) is 7.05 Å². The number of aliphatic hydroxyl groups is 2. The molecule has 6 nitrogen and oxygen atoms in total. The Balaban J connectivity index is 1.82. The molecule has 19 heavy (non-hydrogen) atoms. The second kappa shape index (κ2) is 6.36. The molecular weight excluding hydrogens is 244 g/mol. The van der Waals surface area contributed by atoms with Crippen molar-refractivity contribution in [2.45, 2.75) is 50.5 Å². The molecule has 2 rings (SSSR count). The number of hydrogen-bond donors (Lipinski definition) is 3. The third kappa shape index (κ3) is 3.92. The molecule has 1 heterocycles. The number of nitrogen functional groups attached to an aromatic ring is 1. The fourth-order valence-corrected chi connectivity index (χ4v) is 2.83. The molecule has 108 valence electrons. The zero-order valence-electron chi connectivity index (χ0n) is 11.4. The molecule has 0 aromatic carbocycles. The van der Waals surface area contributed by atoms with Crippen molar-refractivity contribution in [3.8, 4) is 0 Å². The lowest BCUT2D eigenvalue weighted by molar-refractivity contribution is 0.00774. The number of rotatable bonds is 5. The maximum Gasteiger partial charge on any atom is 0.0862 e. The van der Waals surface area contributed by atoms with Crippen LogP contribution in [0.2, 0.25) is 0 Å². The number of hydrogen-bond acceptors (Lipinski definition) is 5. The monoisotopic (exact) mass is 268 g/mol. The Labute approximate surface area is 113 Å². The highest BCUT2D eigenvalue weighted by atomic mass is 16.3. The number of aromatic nitrogens is 2. The van der Waals surface area contributed by atoms with Crippen LogP contribution >= 0.6 is 0 Å². The van der Waals surface area contributed by atoms with Gasteiger partial charge in [-0.1, -0.05) is 12.8 Å². The molecule has 0 radical (unpaired) electrons. The lowest BCUT2D eigenvalue weighted by Gasteiger charge is -2.36. The lowest BCUT2D eigenvalue weighted by atomic mass is 9.91. The van der Waals surface area contributed by atoms with Crippen molar-refractivity contribution < 1.29 is 10.2 Å². The van der Waals surface area contributed by atoms with Gasteiger partial charge < -0.3 is 15.9 Å². The van der Waals surface area contributed by atoms with Crippen LogP contribution in [0, 0.1) is 0 Å². The number of likely N-dealkylation sites (N-methyl/N-ethyl adjacent to an activating group) is 1. The largest absolute Gasteiger partial charge is 0.396 e. The summed E-state index contributed by atoms with van der Waals surface area (Å²) >= 11 is 0. The van der Waals surface area contributed by atoms with Crippen LogP contribution in [-0.2, 0) is 6.54 Å². The highest BCUT2D eigenvalue weighted by molar-refractivity contribution is 5.30. The molecule has 0 bridgehead atoms.